The van der Waals surface area contributed by atoms with Crippen molar-refractivity contribution in [3.8, 4) is 0 Å². The highest BCUT2D eigenvalue weighted by molar-refractivity contribution is 5.96. The second kappa shape index (κ2) is 8.12. The number of carbonyl (C=O) groups excluding carboxylic acids is 2. The highest BCUT2D eigenvalue weighted by atomic mass is 16.3. The Balaban J connectivity index is 1.92. The summed E-state index contributed by atoms with van der Waals surface area (Å²) in [6.07, 6.45) is 2.44. The first-order chi connectivity index (χ1) is 11.1. The quantitative estimate of drug-likeness (QED) is 0.821. The predicted molar refractivity (Wildman–Crippen MR) is 85.9 cm³/mol. The first-order valence-corrected chi connectivity index (χ1v) is 7.62. The van der Waals surface area contributed by atoms with Gasteiger partial charge in [-0.05, 0) is 36.6 Å². The first kappa shape index (κ1) is 16.7. The van der Waals surface area contributed by atoms with Gasteiger partial charge in [0, 0.05) is 6.54 Å². The molecule has 6 nitrogen and oxygen atoms in total. The summed E-state index contributed by atoms with van der Waals surface area (Å²) >= 11 is 0. The number of nitrogens with zero attached hydrogens (tertiary/aromatic N) is 1. The molecule has 0 radical (unpaired) electrons. The van der Waals surface area contributed by atoms with Gasteiger partial charge < -0.3 is 15.1 Å². The summed E-state index contributed by atoms with van der Waals surface area (Å²) in [5.41, 5.74) is 0.437. The number of furan rings is 1. The SMILES string of the molecule is CC(C)CCNC(=O)c1cccc(C(=O)NCc2ccco2)n1. The summed E-state index contributed by atoms with van der Waals surface area (Å²) in [7, 11) is 0. The Morgan fingerprint density at radius 1 is 1.09 bits per heavy atom. The van der Waals surface area contributed by atoms with E-state index in [0.29, 0.717) is 18.2 Å². The minimum atomic E-state index is -0.349. The van der Waals surface area contributed by atoms with Gasteiger partial charge in [-0.25, -0.2) is 4.98 Å². The van der Waals surface area contributed by atoms with E-state index < -0.39 is 0 Å². The molecule has 2 amide bonds. The number of pyridine rings is 1. The Bertz CT molecular complexity index is 651. The molecule has 2 aromatic heterocycles. The van der Waals surface area contributed by atoms with Gasteiger partial charge in [-0.1, -0.05) is 19.9 Å². The van der Waals surface area contributed by atoms with Gasteiger partial charge in [-0.3, -0.25) is 9.59 Å². The number of carbonyl (C=O) groups is 2. The molecule has 0 aromatic carbocycles. The van der Waals surface area contributed by atoms with Crippen molar-refractivity contribution < 1.29 is 14.0 Å². The maximum Gasteiger partial charge on any atom is 0.270 e. The molecule has 0 aliphatic carbocycles. The fourth-order valence-electron chi connectivity index (χ4n) is 1.92. The molecule has 2 aromatic rings. The van der Waals surface area contributed by atoms with E-state index in [0.717, 1.165) is 6.42 Å². The summed E-state index contributed by atoms with van der Waals surface area (Å²) in [6.45, 7) is 5.05. The van der Waals surface area contributed by atoms with E-state index in [4.69, 9.17) is 4.42 Å². The van der Waals surface area contributed by atoms with Crippen LogP contribution in [0.5, 0.6) is 0 Å². The predicted octanol–water partition coefficient (Wildman–Crippen LogP) is 2.38. The second-order valence-corrected chi connectivity index (χ2v) is 5.61. The van der Waals surface area contributed by atoms with Gasteiger partial charge in [0.25, 0.3) is 11.8 Å². The summed E-state index contributed by atoms with van der Waals surface area (Å²) in [4.78, 5) is 28.2. The van der Waals surface area contributed by atoms with E-state index in [-0.39, 0.29) is 29.7 Å². The molecule has 0 atom stereocenters. The zero-order chi connectivity index (χ0) is 16.7. The highest BCUT2D eigenvalue weighted by Gasteiger charge is 2.12. The molecule has 23 heavy (non-hydrogen) atoms. The lowest BCUT2D eigenvalue weighted by atomic mass is 10.1. The van der Waals surface area contributed by atoms with E-state index in [1.54, 1.807) is 36.6 Å². The topological polar surface area (TPSA) is 84.2 Å². The third-order valence-electron chi connectivity index (χ3n) is 3.22. The van der Waals surface area contributed by atoms with Crippen molar-refractivity contribution in [2.45, 2.75) is 26.8 Å². The standard InChI is InChI=1S/C17H21N3O3/c1-12(2)8-9-18-16(21)14-6-3-7-15(20-14)17(22)19-11-13-5-4-10-23-13/h3-7,10,12H,8-9,11H2,1-2H3,(H,18,21)(H,19,22). The maximum atomic E-state index is 12.1. The Morgan fingerprint density at radius 3 is 2.39 bits per heavy atom. The summed E-state index contributed by atoms with van der Waals surface area (Å²) in [5.74, 6) is 0.549. The van der Waals surface area contributed by atoms with Crippen molar-refractivity contribution in [3.05, 3.63) is 53.7 Å². The van der Waals surface area contributed by atoms with Crippen LogP contribution in [0.3, 0.4) is 0 Å². The van der Waals surface area contributed by atoms with Gasteiger partial charge in [-0.2, -0.15) is 0 Å². The van der Waals surface area contributed by atoms with E-state index in [1.165, 1.54) is 0 Å². The molecule has 2 rings (SSSR count). The van der Waals surface area contributed by atoms with Crippen LogP contribution in [0.2, 0.25) is 0 Å². The molecule has 2 N–H and O–H groups in total. The summed E-state index contributed by atoms with van der Waals surface area (Å²) in [6, 6.07) is 8.33. The fourth-order valence-corrected chi connectivity index (χ4v) is 1.92. The van der Waals surface area contributed by atoms with Gasteiger partial charge in [-0.15, -0.1) is 0 Å². The number of hydrogen-bond donors (Lipinski definition) is 2. The third-order valence-corrected chi connectivity index (χ3v) is 3.22. The number of aromatic nitrogens is 1. The molecule has 0 unspecified atom stereocenters. The molecule has 0 saturated carbocycles. The van der Waals surface area contributed by atoms with E-state index in [9.17, 15) is 9.59 Å². The van der Waals surface area contributed by atoms with Crippen LogP contribution in [0, 0.1) is 5.92 Å². The van der Waals surface area contributed by atoms with Crippen LogP contribution >= 0.6 is 0 Å². The highest BCUT2D eigenvalue weighted by Crippen LogP contribution is 2.03. The van der Waals surface area contributed by atoms with Gasteiger partial charge in [0.05, 0.1) is 12.8 Å². The molecule has 0 bridgehead atoms. The van der Waals surface area contributed by atoms with Crippen molar-refractivity contribution in [1.29, 1.82) is 0 Å². The zero-order valence-corrected chi connectivity index (χ0v) is 13.3. The monoisotopic (exact) mass is 315 g/mol. The molecule has 0 saturated heterocycles. The lowest BCUT2D eigenvalue weighted by Gasteiger charge is -2.08. The van der Waals surface area contributed by atoms with Crippen molar-refractivity contribution >= 4 is 11.8 Å². The van der Waals surface area contributed by atoms with Crippen LogP contribution in [0.4, 0.5) is 0 Å². The van der Waals surface area contributed by atoms with Gasteiger partial charge in [0.2, 0.25) is 0 Å². The Morgan fingerprint density at radius 2 is 1.78 bits per heavy atom. The van der Waals surface area contributed by atoms with Crippen LogP contribution in [0.25, 0.3) is 0 Å². The maximum absolute atomic E-state index is 12.1. The Hall–Kier alpha value is -2.63. The average Bonchev–Trinajstić information content (AvgIpc) is 3.05. The van der Waals surface area contributed by atoms with E-state index in [1.807, 2.05) is 0 Å². The van der Waals surface area contributed by atoms with Gasteiger partial charge in [0.1, 0.15) is 17.1 Å². The number of hydrogen-bond acceptors (Lipinski definition) is 4. The lowest BCUT2D eigenvalue weighted by molar-refractivity contribution is 0.0940. The van der Waals surface area contributed by atoms with Crippen molar-refractivity contribution in [2.75, 3.05) is 6.54 Å². The minimum Gasteiger partial charge on any atom is -0.467 e. The molecular weight excluding hydrogens is 294 g/mol. The molecular formula is C17H21N3O3. The Kier molecular flexibility index (Phi) is 5.91. The number of rotatable bonds is 7. The van der Waals surface area contributed by atoms with Crippen LogP contribution in [-0.4, -0.2) is 23.3 Å². The molecule has 0 aliphatic heterocycles. The normalized spacial score (nSPS) is 10.6. The summed E-state index contributed by atoms with van der Waals surface area (Å²) in [5, 5.41) is 5.50. The van der Waals surface area contributed by atoms with Crippen LogP contribution in [-0.2, 0) is 6.54 Å². The molecule has 122 valence electrons. The molecule has 0 spiro atoms. The third kappa shape index (κ3) is 5.25. The van der Waals surface area contributed by atoms with Crippen LogP contribution < -0.4 is 10.6 Å². The zero-order valence-electron chi connectivity index (χ0n) is 13.3. The van der Waals surface area contributed by atoms with Crippen molar-refractivity contribution in [2.24, 2.45) is 5.92 Å². The smallest absolute Gasteiger partial charge is 0.270 e. The molecule has 6 heteroatoms. The van der Waals surface area contributed by atoms with E-state index in [2.05, 4.69) is 29.5 Å². The van der Waals surface area contributed by atoms with E-state index >= 15 is 0 Å². The summed E-state index contributed by atoms with van der Waals surface area (Å²) < 4.78 is 5.15. The first-order valence-electron chi connectivity index (χ1n) is 7.62. The minimum absolute atomic E-state index is 0.202. The van der Waals surface area contributed by atoms with Gasteiger partial charge in [0.15, 0.2) is 0 Å². The van der Waals surface area contributed by atoms with Gasteiger partial charge >= 0.3 is 0 Å². The lowest BCUT2D eigenvalue weighted by Crippen LogP contribution is -2.28. The largest absolute Gasteiger partial charge is 0.467 e. The average molecular weight is 315 g/mol. The fraction of sp³-hybridized carbons (Fsp3) is 0.353. The van der Waals surface area contributed by atoms with Crippen molar-refractivity contribution in [1.82, 2.24) is 15.6 Å². The number of nitrogens with one attached hydrogen (secondary N) is 2. The van der Waals surface area contributed by atoms with Crippen molar-refractivity contribution in [3.63, 3.8) is 0 Å². The van der Waals surface area contributed by atoms with Crippen LogP contribution in [0.1, 0.15) is 47.0 Å². The molecule has 0 fully saturated rings. The molecule has 0 aliphatic rings. The molecule has 2 heterocycles. The number of amides is 2. The Labute approximate surface area is 135 Å². The second-order valence-electron chi connectivity index (χ2n) is 5.61. The van der Waals surface area contributed by atoms with Crippen LogP contribution in [0.15, 0.2) is 41.0 Å².